The van der Waals surface area contributed by atoms with Gasteiger partial charge in [0.05, 0.1) is 17.1 Å². The van der Waals surface area contributed by atoms with Crippen LogP contribution in [0, 0.1) is 0 Å². The molecule has 0 aliphatic rings. The van der Waals surface area contributed by atoms with E-state index in [2.05, 4.69) is 10.6 Å². The lowest BCUT2D eigenvalue weighted by Crippen LogP contribution is -2.39. The van der Waals surface area contributed by atoms with Crippen LogP contribution in [0.2, 0.25) is 5.02 Å². The summed E-state index contributed by atoms with van der Waals surface area (Å²) in [4.78, 5) is 22.9. The lowest BCUT2D eigenvalue weighted by atomic mass is 10.1. The molecule has 2 amide bonds. The van der Waals surface area contributed by atoms with Crippen molar-refractivity contribution in [3.63, 3.8) is 0 Å². The molecule has 1 rings (SSSR count). The molecule has 126 valence electrons. The third-order valence-corrected chi connectivity index (χ3v) is 2.93. The number of rotatable bonds is 5. The molecule has 1 aromatic rings. The van der Waals surface area contributed by atoms with Gasteiger partial charge in [0.15, 0.2) is 0 Å². The minimum atomic E-state index is -4.57. The zero-order valence-electron chi connectivity index (χ0n) is 12.5. The van der Waals surface area contributed by atoms with Crippen molar-refractivity contribution in [1.29, 1.82) is 0 Å². The second-order valence-electron chi connectivity index (χ2n) is 5.01. The van der Waals surface area contributed by atoms with Gasteiger partial charge < -0.3 is 10.6 Å². The summed E-state index contributed by atoms with van der Waals surface area (Å²) < 4.78 is 38.1. The molecule has 23 heavy (non-hydrogen) atoms. The normalized spacial score (nSPS) is 11.8. The lowest BCUT2D eigenvalue weighted by molar-refractivity contribution is -0.137. The fraction of sp³-hybridized carbons (Fsp3) is 0.333. The number of hydrogen-bond acceptors (Lipinski definition) is 2. The Bertz CT molecular complexity index is 613. The van der Waals surface area contributed by atoms with Gasteiger partial charge in [-0.25, -0.2) is 0 Å². The van der Waals surface area contributed by atoms with Crippen LogP contribution in [0.4, 0.5) is 13.2 Å². The molecule has 0 heterocycles. The maximum absolute atomic E-state index is 12.7. The maximum Gasteiger partial charge on any atom is 0.417 e. The van der Waals surface area contributed by atoms with E-state index in [-0.39, 0.29) is 24.1 Å². The molecule has 8 heteroatoms. The van der Waals surface area contributed by atoms with Gasteiger partial charge >= 0.3 is 6.18 Å². The zero-order valence-corrected chi connectivity index (χ0v) is 13.3. The van der Waals surface area contributed by atoms with E-state index in [1.165, 1.54) is 12.1 Å². The van der Waals surface area contributed by atoms with Gasteiger partial charge in [-0.3, -0.25) is 9.59 Å². The summed E-state index contributed by atoms with van der Waals surface area (Å²) >= 11 is 5.50. The standard InChI is InChI=1S/C15H16ClF3N2O2/c1-9(2)21-14(23)8-20-13(22)6-4-10-3-5-12(16)11(7-10)15(17,18)19/h3-7,9H,8H2,1-2H3,(H,20,22)(H,21,23)/b6-4+. The molecule has 0 saturated carbocycles. The Labute approximate surface area is 136 Å². The van der Waals surface area contributed by atoms with Gasteiger partial charge in [0, 0.05) is 12.1 Å². The van der Waals surface area contributed by atoms with Crippen LogP contribution in [0.15, 0.2) is 24.3 Å². The van der Waals surface area contributed by atoms with E-state index in [0.717, 1.165) is 18.2 Å². The second kappa shape index (κ2) is 8.01. The molecule has 0 aliphatic heterocycles. The van der Waals surface area contributed by atoms with Crippen molar-refractivity contribution in [2.24, 2.45) is 0 Å². The summed E-state index contributed by atoms with van der Waals surface area (Å²) in [5.74, 6) is -0.944. The summed E-state index contributed by atoms with van der Waals surface area (Å²) in [5.41, 5.74) is -0.804. The predicted molar refractivity (Wildman–Crippen MR) is 81.8 cm³/mol. The minimum absolute atomic E-state index is 0.0511. The van der Waals surface area contributed by atoms with Gasteiger partial charge in [-0.2, -0.15) is 13.2 Å². The first-order chi connectivity index (χ1) is 10.6. The Kier molecular flexibility index (Phi) is 6.62. The number of halogens is 4. The molecule has 0 unspecified atom stereocenters. The van der Waals surface area contributed by atoms with Crippen molar-refractivity contribution in [3.05, 3.63) is 40.4 Å². The molecule has 1 aromatic carbocycles. The Morgan fingerprint density at radius 3 is 2.52 bits per heavy atom. The van der Waals surface area contributed by atoms with Crippen molar-refractivity contribution in [3.8, 4) is 0 Å². The van der Waals surface area contributed by atoms with Gasteiger partial charge in [0.1, 0.15) is 0 Å². The molecular formula is C15H16ClF3N2O2. The fourth-order valence-corrected chi connectivity index (χ4v) is 1.86. The average molecular weight is 349 g/mol. The van der Waals surface area contributed by atoms with E-state index in [1.54, 1.807) is 13.8 Å². The summed E-state index contributed by atoms with van der Waals surface area (Å²) in [6.07, 6.45) is -2.31. The van der Waals surface area contributed by atoms with Crippen molar-refractivity contribution >= 4 is 29.5 Å². The number of benzene rings is 1. The molecule has 0 radical (unpaired) electrons. The Morgan fingerprint density at radius 2 is 1.96 bits per heavy atom. The topological polar surface area (TPSA) is 58.2 Å². The first-order valence-electron chi connectivity index (χ1n) is 6.71. The van der Waals surface area contributed by atoms with Gasteiger partial charge in [0.2, 0.25) is 11.8 Å². The van der Waals surface area contributed by atoms with E-state index in [9.17, 15) is 22.8 Å². The SMILES string of the molecule is CC(C)NC(=O)CNC(=O)/C=C/c1ccc(Cl)c(C(F)(F)F)c1. The van der Waals surface area contributed by atoms with E-state index in [1.807, 2.05) is 0 Å². The summed E-state index contributed by atoms with van der Waals surface area (Å²) in [5, 5.41) is 4.50. The number of amides is 2. The number of alkyl halides is 3. The Hall–Kier alpha value is -2.02. The van der Waals surface area contributed by atoms with E-state index >= 15 is 0 Å². The summed E-state index contributed by atoms with van der Waals surface area (Å²) in [7, 11) is 0. The van der Waals surface area contributed by atoms with Gasteiger partial charge in [-0.05, 0) is 37.6 Å². The van der Waals surface area contributed by atoms with Crippen LogP contribution in [-0.2, 0) is 15.8 Å². The highest BCUT2D eigenvalue weighted by Gasteiger charge is 2.33. The van der Waals surface area contributed by atoms with Crippen LogP contribution in [0.25, 0.3) is 6.08 Å². The summed E-state index contributed by atoms with van der Waals surface area (Å²) in [6, 6.07) is 3.26. The zero-order chi connectivity index (χ0) is 17.6. The highest BCUT2D eigenvalue weighted by Crippen LogP contribution is 2.35. The van der Waals surface area contributed by atoms with Crippen LogP contribution < -0.4 is 10.6 Å². The Morgan fingerprint density at radius 1 is 1.30 bits per heavy atom. The molecule has 0 saturated heterocycles. The van der Waals surface area contributed by atoms with Gasteiger partial charge in [0.25, 0.3) is 0 Å². The van der Waals surface area contributed by atoms with E-state index < -0.39 is 22.7 Å². The van der Waals surface area contributed by atoms with Crippen LogP contribution >= 0.6 is 11.6 Å². The second-order valence-corrected chi connectivity index (χ2v) is 5.42. The van der Waals surface area contributed by atoms with Crippen LogP contribution in [0.5, 0.6) is 0 Å². The fourth-order valence-electron chi connectivity index (χ4n) is 1.64. The highest BCUT2D eigenvalue weighted by atomic mass is 35.5. The third-order valence-electron chi connectivity index (χ3n) is 2.60. The Balaban J connectivity index is 2.67. The molecular weight excluding hydrogens is 333 g/mol. The van der Waals surface area contributed by atoms with Crippen molar-refractivity contribution < 1.29 is 22.8 Å². The summed E-state index contributed by atoms with van der Waals surface area (Å²) in [6.45, 7) is 3.34. The number of carbonyl (C=O) groups excluding carboxylic acids is 2. The molecule has 0 atom stereocenters. The molecule has 4 nitrogen and oxygen atoms in total. The highest BCUT2D eigenvalue weighted by molar-refractivity contribution is 6.31. The smallest absolute Gasteiger partial charge is 0.352 e. The van der Waals surface area contributed by atoms with Gasteiger partial charge in [-0.1, -0.05) is 17.7 Å². The number of hydrogen-bond donors (Lipinski definition) is 2. The number of carbonyl (C=O) groups is 2. The first-order valence-corrected chi connectivity index (χ1v) is 7.09. The largest absolute Gasteiger partial charge is 0.417 e. The minimum Gasteiger partial charge on any atom is -0.352 e. The molecule has 0 spiro atoms. The van der Waals surface area contributed by atoms with Crippen molar-refractivity contribution in [2.45, 2.75) is 26.1 Å². The molecule has 0 aromatic heterocycles. The van der Waals surface area contributed by atoms with Gasteiger partial charge in [-0.15, -0.1) is 0 Å². The molecule has 0 fully saturated rings. The van der Waals surface area contributed by atoms with E-state index in [0.29, 0.717) is 0 Å². The van der Waals surface area contributed by atoms with Crippen molar-refractivity contribution in [2.75, 3.05) is 6.54 Å². The lowest BCUT2D eigenvalue weighted by Gasteiger charge is -2.09. The van der Waals surface area contributed by atoms with Crippen molar-refractivity contribution in [1.82, 2.24) is 10.6 Å². The van der Waals surface area contributed by atoms with Crippen LogP contribution in [0.1, 0.15) is 25.0 Å². The molecule has 2 N–H and O–H groups in total. The quantitative estimate of drug-likeness (QED) is 0.804. The van der Waals surface area contributed by atoms with Crippen LogP contribution in [0.3, 0.4) is 0 Å². The molecule has 0 aliphatic carbocycles. The van der Waals surface area contributed by atoms with Crippen LogP contribution in [-0.4, -0.2) is 24.4 Å². The third kappa shape index (κ3) is 6.73. The predicted octanol–water partition coefficient (Wildman–Crippen LogP) is 3.01. The maximum atomic E-state index is 12.7. The first kappa shape index (κ1) is 19.0. The average Bonchev–Trinajstić information content (AvgIpc) is 2.42. The van der Waals surface area contributed by atoms with E-state index in [4.69, 9.17) is 11.6 Å². The monoisotopic (exact) mass is 348 g/mol. The number of nitrogens with one attached hydrogen (secondary N) is 2. The molecule has 0 bridgehead atoms.